The van der Waals surface area contributed by atoms with Crippen molar-refractivity contribution in [1.29, 1.82) is 0 Å². The number of hydrogen-bond acceptors (Lipinski definition) is 8. The molecule has 1 atom stereocenters. The van der Waals surface area contributed by atoms with Gasteiger partial charge < -0.3 is 29.3 Å². The SMILES string of the molecule is COCCOc1ccc(-c2cn(-c3cccnc3)c3c2C(O)N(COP(=O)(O)O)C=N3)cc1. The summed E-state index contributed by atoms with van der Waals surface area (Å²) >= 11 is 0. The zero-order valence-electron chi connectivity index (χ0n) is 17.7. The first-order valence-corrected chi connectivity index (χ1v) is 11.5. The van der Waals surface area contributed by atoms with Crippen LogP contribution >= 0.6 is 7.82 Å². The summed E-state index contributed by atoms with van der Waals surface area (Å²) in [6.45, 7) is 0.350. The number of aliphatic hydroxyl groups is 1. The molecule has 0 amide bonds. The van der Waals surface area contributed by atoms with E-state index in [0.29, 0.717) is 35.9 Å². The van der Waals surface area contributed by atoms with Gasteiger partial charge in [0.15, 0.2) is 6.23 Å². The van der Waals surface area contributed by atoms with Gasteiger partial charge in [-0.25, -0.2) is 9.56 Å². The molecule has 12 heteroatoms. The number of nitrogens with zero attached hydrogens (tertiary/aromatic N) is 4. The van der Waals surface area contributed by atoms with Gasteiger partial charge in [-0.05, 0) is 29.8 Å². The van der Waals surface area contributed by atoms with Gasteiger partial charge >= 0.3 is 7.82 Å². The zero-order chi connectivity index (χ0) is 23.4. The second-order valence-corrected chi connectivity index (χ2v) is 8.35. The van der Waals surface area contributed by atoms with Gasteiger partial charge in [-0.3, -0.25) is 14.1 Å². The standard InChI is InChI=1S/C21H23N4O7P/c1-30-9-10-31-17-6-4-15(5-7-17)18-12-25(16-3-2-8-22-11-16)20-19(18)21(26)24(13-23-20)14-32-33(27,28)29/h2-8,11-13,21,26H,9-10,14H2,1H3,(H2,27,28,29). The van der Waals surface area contributed by atoms with E-state index in [4.69, 9.17) is 19.3 Å². The van der Waals surface area contributed by atoms with Gasteiger partial charge in [0.25, 0.3) is 0 Å². The number of aliphatic imine (C=N–C) groups is 1. The molecule has 33 heavy (non-hydrogen) atoms. The van der Waals surface area contributed by atoms with Crippen LogP contribution in [0.15, 0.2) is 60.0 Å². The average Bonchev–Trinajstić information content (AvgIpc) is 3.20. The van der Waals surface area contributed by atoms with E-state index in [-0.39, 0.29) is 0 Å². The highest BCUT2D eigenvalue weighted by Gasteiger charge is 2.31. The third-order valence-corrected chi connectivity index (χ3v) is 5.39. The Kier molecular flexibility index (Phi) is 6.89. The molecule has 0 aliphatic carbocycles. The van der Waals surface area contributed by atoms with E-state index in [2.05, 4.69) is 14.5 Å². The molecule has 174 valence electrons. The largest absolute Gasteiger partial charge is 0.491 e. The molecular formula is C21H23N4O7P. The molecule has 2 aromatic heterocycles. The quantitative estimate of drug-likeness (QED) is 0.315. The van der Waals surface area contributed by atoms with Crippen molar-refractivity contribution in [3.8, 4) is 22.6 Å². The van der Waals surface area contributed by atoms with Crippen LogP contribution < -0.4 is 4.74 Å². The van der Waals surface area contributed by atoms with Crippen LogP contribution in [-0.4, -0.2) is 62.7 Å². The van der Waals surface area contributed by atoms with Crippen LogP contribution in [0.2, 0.25) is 0 Å². The fourth-order valence-corrected chi connectivity index (χ4v) is 3.68. The number of aromatic nitrogens is 2. The lowest BCUT2D eigenvalue weighted by Crippen LogP contribution is -2.31. The predicted octanol–water partition coefficient (Wildman–Crippen LogP) is 2.60. The molecule has 0 bridgehead atoms. The van der Waals surface area contributed by atoms with Crippen LogP contribution in [0.1, 0.15) is 11.8 Å². The molecule has 4 rings (SSSR count). The third-order valence-electron chi connectivity index (χ3n) is 4.94. The number of pyridine rings is 1. The number of aliphatic hydroxyl groups excluding tert-OH is 1. The van der Waals surface area contributed by atoms with Gasteiger partial charge in [-0.1, -0.05) is 12.1 Å². The second-order valence-electron chi connectivity index (χ2n) is 7.11. The summed E-state index contributed by atoms with van der Waals surface area (Å²) in [5, 5.41) is 11.1. The van der Waals surface area contributed by atoms with Crippen molar-refractivity contribution in [2.45, 2.75) is 6.23 Å². The van der Waals surface area contributed by atoms with Crippen molar-refractivity contribution in [3.05, 3.63) is 60.6 Å². The van der Waals surface area contributed by atoms with Crippen LogP contribution in [0.4, 0.5) is 5.82 Å². The van der Waals surface area contributed by atoms with Crippen molar-refractivity contribution in [2.75, 3.05) is 27.1 Å². The molecule has 1 aliphatic heterocycles. The van der Waals surface area contributed by atoms with Gasteiger partial charge in [0.05, 0.1) is 30.4 Å². The topological polar surface area (TPSA) is 139 Å². The molecular weight excluding hydrogens is 451 g/mol. The first-order chi connectivity index (χ1) is 15.9. The predicted molar refractivity (Wildman–Crippen MR) is 119 cm³/mol. The number of benzene rings is 1. The van der Waals surface area contributed by atoms with Crippen LogP contribution in [0.3, 0.4) is 0 Å². The van der Waals surface area contributed by atoms with E-state index in [0.717, 1.165) is 11.3 Å². The number of ether oxygens (including phenoxy) is 2. The van der Waals surface area contributed by atoms with E-state index >= 15 is 0 Å². The molecule has 11 nitrogen and oxygen atoms in total. The van der Waals surface area contributed by atoms with Crippen molar-refractivity contribution in [3.63, 3.8) is 0 Å². The minimum Gasteiger partial charge on any atom is -0.491 e. The summed E-state index contributed by atoms with van der Waals surface area (Å²) in [4.78, 5) is 27.8. The highest BCUT2D eigenvalue weighted by Crippen LogP contribution is 2.43. The van der Waals surface area contributed by atoms with Gasteiger partial charge in [0.2, 0.25) is 0 Å². The van der Waals surface area contributed by atoms with E-state index < -0.39 is 20.8 Å². The Bertz CT molecular complexity index is 1160. The molecule has 1 aromatic carbocycles. The first kappa shape index (κ1) is 23.1. The van der Waals surface area contributed by atoms with E-state index in [9.17, 15) is 9.67 Å². The van der Waals surface area contributed by atoms with Crippen molar-refractivity contribution >= 4 is 20.0 Å². The van der Waals surface area contributed by atoms with E-state index in [1.807, 2.05) is 36.5 Å². The monoisotopic (exact) mass is 474 g/mol. The lowest BCUT2D eigenvalue weighted by Gasteiger charge is -2.29. The van der Waals surface area contributed by atoms with Crippen molar-refractivity contribution in [1.82, 2.24) is 14.5 Å². The van der Waals surface area contributed by atoms with Crippen LogP contribution in [-0.2, 0) is 13.8 Å². The molecule has 3 aromatic rings. The minimum atomic E-state index is -4.72. The Balaban J connectivity index is 1.71. The number of hydrogen-bond donors (Lipinski definition) is 3. The number of phosphoric acid groups is 1. The Labute approximate surface area is 189 Å². The fraction of sp³-hybridized carbons (Fsp3) is 0.238. The van der Waals surface area contributed by atoms with Gasteiger partial charge in [0.1, 0.15) is 24.9 Å². The summed E-state index contributed by atoms with van der Waals surface area (Å²) in [6, 6.07) is 11.0. The number of phosphoric ester groups is 1. The fourth-order valence-electron chi connectivity index (χ4n) is 3.40. The Morgan fingerprint density at radius 3 is 2.61 bits per heavy atom. The molecule has 3 N–H and O–H groups in total. The smallest absolute Gasteiger partial charge is 0.471 e. The Morgan fingerprint density at radius 2 is 1.94 bits per heavy atom. The van der Waals surface area contributed by atoms with Gasteiger partial charge in [-0.15, -0.1) is 0 Å². The van der Waals surface area contributed by atoms with Crippen molar-refractivity contribution in [2.24, 2.45) is 4.99 Å². The zero-order valence-corrected chi connectivity index (χ0v) is 18.6. The molecule has 1 aliphatic rings. The lowest BCUT2D eigenvalue weighted by molar-refractivity contribution is 0.00433. The number of methoxy groups -OCH3 is 1. The van der Waals surface area contributed by atoms with Gasteiger partial charge in [0, 0.05) is 25.1 Å². The van der Waals surface area contributed by atoms with Crippen molar-refractivity contribution < 1.29 is 33.5 Å². The Hall–Kier alpha value is -3.05. The average molecular weight is 474 g/mol. The van der Waals surface area contributed by atoms with Crippen LogP contribution in [0, 0.1) is 0 Å². The van der Waals surface area contributed by atoms with Gasteiger partial charge in [-0.2, -0.15) is 0 Å². The number of rotatable bonds is 9. The first-order valence-electron chi connectivity index (χ1n) is 9.93. The van der Waals surface area contributed by atoms with Crippen LogP contribution in [0.5, 0.6) is 5.75 Å². The Morgan fingerprint density at radius 1 is 1.15 bits per heavy atom. The molecule has 1 unspecified atom stereocenters. The maximum atomic E-state index is 11.1. The number of fused-ring (bicyclic) bond motifs is 1. The summed E-state index contributed by atoms with van der Waals surface area (Å²) in [6.07, 6.45) is 5.18. The normalized spacial score (nSPS) is 15.5. The highest BCUT2D eigenvalue weighted by molar-refractivity contribution is 7.46. The molecule has 0 saturated carbocycles. The molecule has 3 heterocycles. The maximum absolute atomic E-state index is 11.1. The highest BCUT2D eigenvalue weighted by atomic mass is 31.2. The molecule has 0 fully saturated rings. The minimum absolute atomic E-state index is 0.421. The summed E-state index contributed by atoms with van der Waals surface area (Å²) in [5.41, 5.74) is 2.68. The summed E-state index contributed by atoms with van der Waals surface area (Å²) < 4.78 is 28.1. The molecule has 0 radical (unpaired) electrons. The lowest BCUT2D eigenvalue weighted by atomic mass is 10.0. The molecule has 0 saturated heterocycles. The van der Waals surface area contributed by atoms with Crippen LogP contribution in [0.25, 0.3) is 16.8 Å². The third kappa shape index (κ3) is 5.31. The van der Waals surface area contributed by atoms with E-state index in [1.165, 1.54) is 11.2 Å². The summed E-state index contributed by atoms with van der Waals surface area (Å²) in [7, 11) is -3.12. The summed E-state index contributed by atoms with van der Waals surface area (Å²) in [5.74, 6) is 1.14. The second kappa shape index (κ2) is 9.84. The maximum Gasteiger partial charge on any atom is 0.471 e. The van der Waals surface area contributed by atoms with E-state index in [1.54, 1.807) is 30.1 Å². The molecule has 0 spiro atoms.